The van der Waals surface area contributed by atoms with Gasteiger partial charge < -0.3 is 0 Å². The lowest BCUT2D eigenvalue weighted by molar-refractivity contribution is 0.105. The number of carbonyl (C=O) groups is 2. The summed E-state index contributed by atoms with van der Waals surface area (Å²) in [7, 11) is -0.434. The van der Waals surface area contributed by atoms with E-state index in [2.05, 4.69) is 0 Å². The summed E-state index contributed by atoms with van der Waals surface area (Å²) in [6.07, 6.45) is 0. The van der Waals surface area contributed by atoms with Crippen LogP contribution in [-0.4, -0.2) is 11.0 Å². The summed E-state index contributed by atoms with van der Waals surface area (Å²) < 4.78 is 12.9. The average Bonchev–Trinajstić information content (AvgIpc) is 2.68. The van der Waals surface area contributed by atoms with Crippen LogP contribution in [0.2, 0.25) is 0 Å². The first-order chi connectivity index (χ1) is 14.6. The molecule has 3 aromatic rings. The molecule has 3 nitrogen and oxygen atoms in total. The number of carbonyl (C=O) groups excluding carboxylic acids is 2. The molecule has 158 valence electrons. The number of hydrogen-bond acceptors (Lipinski definition) is 3. The molecular weight excluding hydrogens is 422 g/mol. The first-order valence-corrected chi connectivity index (χ1v) is 13.5. The number of aryl methyl sites for hydroxylation is 6. The molecule has 3 rings (SSSR count). The molecule has 0 heterocycles. The van der Waals surface area contributed by atoms with Crippen molar-refractivity contribution < 1.29 is 14.2 Å². The van der Waals surface area contributed by atoms with Crippen molar-refractivity contribution in [2.45, 2.75) is 41.5 Å². The van der Waals surface area contributed by atoms with Gasteiger partial charge in [-0.15, -0.1) is 0 Å². The molecule has 0 radical (unpaired) electrons. The van der Waals surface area contributed by atoms with Crippen LogP contribution in [0.5, 0.6) is 0 Å². The van der Waals surface area contributed by atoms with Crippen LogP contribution in [0.15, 0.2) is 54.6 Å². The highest BCUT2D eigenvalue weighted by Gasteiger charge is 2.60. The summed E-state index contributed by atoms with van der Waals surface area (Å²) in [4.78, 5) is 28.4. The number of rotatable bonds is 6. The molecule has 0 atom stereocenters. The second-order valence-corrected chi connectivity index (χ2v) is 13.3. The predicted octanol–water partition coefficient (Wildman–Crippen LogP) is 7.07. The fourth-order valence-electron chi connectivity index (χ4n) is 4.45. The van der Waals surface area contributed by atoms with Gasteiger partial charge in [-0.2, -0.15) is 0 Å². The summed E-state index contributed by atoms with van der Waals surface area (Å²) in [5, 5.41) is 0.542. The van der Waals surface area contributed by atoms with Gasteiger partial charge in [0.15, 0.2) is 0 Å². The van der Waals surface area contributed by atoms with E-state index in [0.29, 0.717) is 16.4 Å². The molecule has 0 amide bonds. The minimum absolute atomic E-state index is 0.324. The molecule has 0 spiro atoms. The van der Waals surface area contributed by atoms with Crippen LogP contribution in [0.4, 0.5) is 0 Å². The maximum Gasteiger partial charge on any atom is 0.368 e. The van der Waals surface area contributed by atoms with Crippen LogP contribution in [0.25, 0.3) is 0 Å². The second-order valence-electron chi connectivity index (χ2n) is 8.21. The molecule has 0 N–H and O–H groups in total. The van der Waals surface area contributed by atoms with Crippen LogP contribution >= 0.6 is 15.1 Å². The van der Waals surface area contributed by atoms with Gasteiger partial charge in [0.25, 0.3) is 6.95 Å². The Morgan fingerprint density at radius 2 is 1.00 bits per heavy atom. The molecule has 31 heavy (non-hydrogen) atoms. The summed E-state index contributed by atoms with van der Waals surface area (Å²) in [6.45, 7) is 8.00. The Kier molecular flexibility index (Phi) is 6.70. The smallest absolute Gasteiger partial charge is 0.245 e. The Bertz CT molecular complexity index is 1080. The zero-order valence-electron chi connectivity index (χ0n) is 18.8. The lowest BCUT2D eigenvalue weighted by Gasteiger charge is -2.20. The van der Waals surface area contributed by atoms with Gasteiger partial charge in [0, 0.05) is 0 Å². The van der Waals surface area contributed by atoms with Gasteiger partial charge in [0.05, 0.1) is 11.1 Å². The minimum atomic E-state index is -3.45. The highest BCUT2D eigenvalue weighted by atomic mass is 32.1. The summed E-state index contributed by atoms with van der Waals surface area (Å²) in [6, 6.07) is 16.7. The van der Waals surface area contributed by atoms with E-state index in [0.717, 1.165) is 33.4 Å². The van der Waals surface area contributed by atoms with E-state index >= 15 is 0 Å². The van der Waals surface area contributed by atoms with Crippen molar-refractivity contribution in [2.75, 3.05) is 0 Å². The lowest BCUT2D eigenvalue weighted by atomic mass is 10.0. The Balaban J connectivity index is 2.36. The van der Waals surface area contributed by atoms with E-state index in [1.54, 1.807) is 24.3 Å². The van der Waals surface area contributed by atoms with Gasteiger partial charge in [-0.3, -0.25) is 0 Å². The van der Waals surface area contributed by atoms with Crippen molar-refractivity contribution >= 4 is 31.5 Å². The molecule has 0 aromatic heterocycles. The molecule has 0 unspecified atom stereocenters. The summed E-state index contributed by atoms with van der Waals surface area (Å²) in [5.41, 5.74) is 5.66. The van der Waals surface area contributed by atoms with E-state index in [1.807, 2.05) is 71.9 Å². The number of hydrogen-bond donors (Lipinski definition) is 0. The zero-order chi connectivity index (χ0) is 22.9. The molecule has 0 aliphatic rings. The van der Waals surface area contributed by atoms with Gasteiger partial charge in [-0.05, 0) is 75.9 Å². The third kappa shape index (κ3) is 4.05. The highest BCUT2D eigenvalue weighted by molar-refractivity contribution is 8.47. The van der Waals surface area contributed by atoms with Gasteiger partial charge in [0.1, 0.15) is 5.30 Å². The quantitative estimate of drug-likeness (QED) is 0.378. The molecular formula is C26H27O3P2+. The van der Waals surface area contributed by atoms with Crippen LogP contribution < -0.4 is 5.30 Å². The largest absolute Gasteiger partial charge is 0.368 e. The van der Waals surface area contributed by atoms with E-state index in [1.165, 1.54) is 0 Å². The fraction of sp³-hybridized carbons (Fsp3) is 0.231. The Morgan fingerprint density at radius 1 is 0.645 bits per heavy atom. The van der Waals surface area contributed by atoms with Gasteiger partial charge in [0.2, 0.25) is 0 Å². The fourth-order valence-corrected chi connectivity index (χ4v) is 9.03. The molecule has 0 aliphatic carbocycles. The highest BCUT2D eigenvalue weighted by Crippen LogP contribution is 2.72. The van der Waals surface area contributed by atoms with E-state index in [9.17, 15) is 14.2 Å². The van der Waals surface area contributed by atoms with Gasteiger partial charge in [-0.25, -0.2) is 14.2 Å². The molecule has 5 heteroatoms. The van der Waals surface area contributed by atoms with Crippen molar-refractivity contribution in [3.05, 3.63) is 99.1 Å². The molecule has 0 aliphatic heterocycles. The van der Waals surface area contributed by atoms with Crippen molar-refractivity contribution in [2.24, 2.45) is 0 Å². The first kappa shape index (κ1) is 23.2. The molecule has 3 aromatic carbocycles. The van der Waals surface area contributed by atoms with E-state index < -0.39 is 15.1 Å². The Morgan fingerprint density at radius 3 is 1.32 bits per heavy atom. The zero-order valence-corrected chi connectivity index (χ0v) is 20.6. The Hall–Kier alpha value is -2.47. The van der Waals surface area contributed by atoms with Crippen molar-refractivity contribution in [1.29, 1.82) is 0 Å². The van der Waals surface area contributed by atoms with Crippen LogP contribution in [-0.2, 0) is 4.57 Å². The van der Waals surface area contributed by atoms with Gasteiger partial charge >= 0.3 is 19.2 Å². The van der Waals surface area contributed by atoms with Gasteiger partial charge in [-0.1, -0.05) is 53.6 Å². The van der Waals surface area contributed by atoms with E-state index in [4.69, 9.17) is 0 Å². The summed E-state index contributed by atoms with van der Waals surface area (Å²) >= 11 is 0. The second kappa shape index (κ2) is 8.95. The lowest BCUT2D eigenvalue weighted by Crippen LogP contribution is -2.25. The van der Waals surface area contributed by atoms with Crippen molar-refractivity contribution in [3.63, 3.8) is 0 Å². The van der Waals surface area contributed by atoms with Crippen LogP contribution in [0.1, 0.15) is 54.1 Å². The SMILES string of the molecule is Cc1cc(C)c(C(=O)[P+](P=O)(C(=O)c2c(C)cc(C)cc2C)c2ccccc2)c(C)c1. The van der Waals surface area contributed by atoms with Crippen LogP contribution in [0, 0.1) is 41.5 Å². The van der Waals surface area contributed by atoms with E-state index in [-0.39, 0.29) is 11.0 Å². The maximum absolute atomic E-state index is 14.2. The van der Waals surface area contributed by atoms with Crippen molar-refractivity contribution in [1.82, 2.24) is 0 Å². The molecule has 0 bridgehead atoms. The average molecular weight is 449 g/mol. The maximum atomic E-state index is 14.2. The topological polar surface area (TPSA) is 51.2 Å². The molecule has 0 saturated heterocycles. The molecule has 0 saturated carbocycles. The third-order valence-electron chi connectivity index (χ3n) is 5.62. The first-order valence-electron chi connectivity index (χ1n) is 10.2. The Labute approximate surface area is 186 Å². The molecule has 0 fully saturated rings. The monoisotopic (exact) mass is 449 g/mol. The standard InChI is InChI=1S/C26H27O3P2/c1-16-12-18(3)23(19(4)13-16)25(27)31(30-29,22-10-8-7-9-11-22)26(28)24-20(5)14-17(2)15-21(24)6/h7-15H,1-6H3/q+1. The van der Waals surface area contributed by atoms with Crippen LogP contribution in [0.3, 0.4) is 0 Å². The normalized spacial score (nSPS) is 11.5. The summed E-state index contributed by atoms with van der Waals surface area (Å²) in [5.74, 6) is 0. The predicted molar refractivity (Wildman–Crippen MR) is 131 cm³/mol. The minimum Gasteiger partial charge on any atom is -0.245 e. The van der Waals surface area contributed by atoms with Crippen molar-refractivity contribution in [3.8, 4) is 0 Å². The third-order valence-corrected chi connectivity index (χ3v) is 11.1. The number of benzene rings is 3.